The molecule has 0 radical (unpaired) electrons. The zero-order chi connectivity index (χ0) is 20.0. The number of rotatable bonds is 7. The number of esters is 1. The predicted octanol–water partition coefficient (Wildman–Crippen LogP) is 1.45. The maximum Gasteiger partial charge on any atom is 0.338 e. The molecule has 27 heavy (non-hydrogen) atoms. The smallest absolute Gasteiger partial charge is 0.338 e. The van der Waals surface area contributed by atoms with Crippen molar-refractivity contribution in [2.24, 2.45) is 5.92 Å². The summed E-state index contributed by atoms with van der Waals surface area (Å²) in [6.45, 7) is 1.68. The third-order valence-electron chi connectivity index (χ3n) is 4.75. The van der Waals surface area contributed by atoms with E-state index in [1.807, 2.05) is 0 Å². The number of hydrogen-bond donors (Lipinski definition) is 2. The minimum Gasteiger partial charge on any atom is -0.495 e. The van der Waals surface area contributed by atoms with Crippen LogP contribution in [0.25, 0.3) is 0 Å². The fourth-order valence-electron chi connectivity index (χ4n) is 3.12. The number of sulfonamides is 1. The first-order valence-electron chi connectivity index (χ1n) is 8.86. The molecule has 8 nitrogen and oxygen atoms in total. The van der Waals surface area contributed by atoms with Crippen molar-refractivity contribution in [3.8, 4) is 5.75 Å². The van der Waals surface area contributed by atoms with E-state index in [1.54, 1.807) is 0 Å². The molecular formula is C18H26N2O6S. The van der Waals surface area contributed by atoms with Crippen LogP contribution in [-0.4, -0.2) is 47.1 Å². The van der Waals surface area contributed by atoms with Gasteiger partial charge in [-0.15, -0.1) is 0 Å². The van der Waals surface area contributed by atoms with E-state index in [1.165, 1.54) is 26.3 Å². The summed E-state index contributed by atoms with van der Waals surface area (Å²) in [4.78, 5) is 24.1. The molecule has 0 bridgehead atoms. The van der Waals surface area contributed by atoms with Gasteiger partial charge in [0.15, 0.2) is 6.61 Å². The summed E-state index contributed by atoms with van der Waals surface area (Å²) in [7, 11) is -1.22. The van der Waals surface area contributed by atoms with E-state index in [0.29, 0.717) is 5.92 Å². The molecule has 0 saturated heterocycles. The molecule has 9 heteroatoms. The van der Waals surface area contributed by atoms with Gasteiger partial charge in [-0.3, -0.25) is 4.79 Å². The zero-order valence-electron chi connectivity index (χ0n) is 15.8. The molecule has 0 heterocycles. The highest BCUT2D eigenvalue weighted by Gasteiger charge is 2.24. The number of hydrogen-bond acceptors (Lipinski definition) is 6. The lowest BCUT2D eigenvalue weighted by atomic mass is 9.86. The van der Waals surface area contributed by atoms with Gasteiger partial charge in [0.1, 0.15) is 10.6 Å². The highest BCUT2D eigenvalue weighted by molar-refractivity contribution is 7.89. The average Bonchev–Trinajstić information content (AvgIpc) is 2.67. The van der Waals surface area contributed by atoms with Crippen molar-refractivity contribution in [1.82, 2.24) is 10.0 Å². The number of carbonyl (C=O) groups is 2. The number of nitrogens with one attached hydrogen (secondary N) is 2. The minimum absolute atomic E-state index is 0.0171. The molecule has 150 valence electrons. The summed E-state index contributed by atoms with van der Waals surface area (Å²) in [5.41, 5.74) is 0.0171. The Morgan fingerprint density at radius 1 is 1.22 bits per heavy atom. The van der Waals surface area contributed by atoms with Gasteiger partial charge in [0.05, 0.1) is 12.7 Å². The second kappa shape index (κ2) is 9.18. The van der Waals surface area contributed by atoms with Crippen molar-refractivity contribution in [3.63, 3.8) is 0 Å². The van der Waals surface area contributed by atoms with Crippen molar-refractivity contribution in [1.29, 1.82) is 0 Å². The summed E-state index contributed by atoms with van der Waals surface area (Å²) in [6.07, 6.45) is 4.23. The van der Waals surface area contributed by atoms with E-state index in [9.17, 15) is 18.0 Å². The van der Waals surface area contributed by atoms with Crippen molar-refractivity contribution < 1.29 is 27.5 Å². The van der Waals surface area contributed by atoms with Crippen molar-refractivity contribution >= 4 is 21.9 Å². The van der Waals surface area contributed by atoms with Gasteiger partial charge in [-0.05, 0) is 44.0 Å². The van der Waals surface area contributed by atoms with E-state index in [-0.39, 0.29) is 28.2 Å². The van der Waals surface area contributed by atoms with Crippen LogP contribution < -0.4 is 14.8 Å². The van der Waals surface area contributed by atoms with E-state index >= 15 is 0 Å². The van der Waals surface area contributed by atoms with Crippen molar-refractivity contribution in [3.05, 3.63) is 23.8 Å². The Kier molecular flexibility index (Phi) is 7.20. The molecule has 0 aromatic heterocycles. The van der Waals surface area contributed by atoms with Gasteiger partial charge in [-0.1, -0.05) is 19.8 Å². The van der Waals surface area contributed by atoms with E-state index in [4.69, 9.17) is 9.47 Å². The standard InChI is InChI=1S/C18H26N2O6S/c1-12-6-4-5-7-14(12)20-17(21)11-26-18(22)13-8-9-15(25-3)16(10-13)27(23,24)19-2/h8-10,12,14,19H,4-7,11H2,1-3H3,(H,20,21)/t12-,14-/m1/s1. The Hall–Kier alpha value is -2.13. The maximum absolute atomic E-state index is 12.2. The Morgan fingerprint density at radius 3 is 2.56 bits per heavy atom. The van der Waals surface area contributed by atoms with Gasteiger partial charge >= 0.3 is 5.97 Å². The molecule has 1 saturated carbocycles. The first kappa shape index (κ1) is 21.2. The fourth-order valence-corrected chi connectivity index (χ4v) is 4.04. The van der Waals surface area contributed by atoms with Gasteiger partial charge in [-0.25, -0.2) is 17.9 Å². The predicted molar refractivity (Wildman–Crippen MR) is 99.1 cm³/mol. The highest BCUT2D eigenvalue weighted by atomic mass is 32.2. The Labute approximate surface area is 159 Å². The first-order chi connectivity index (χ1) is 12.8. The van der Waals surface area contributed by atoms with Crippen molar-refractivity contribution in [2.45, 2.75) is 43.5 Å². The van der Waals surface area contributed by atoms with Gasteiger partial charge in [0, 0.05) is 6.04 Å². The zero-order valence-corrected chi connectivity index (χ0v) is 16.6. The molecule has 0 aliphatic heterocycles. The van der Waals surface area contributed by atoms with Gasteiger partial charge in [0.25, 0.3) is 5.91 Å². The molecule has 1 fully saturated rings. The lowest BCUT2D eigenvalue weighted by Gasteiger charge is -2.29. The number of methoxy groups -OCH3 is 1. The van der Waals surface area contributed by atoms with Gasteiger partial charge in [-0.2, -0.15) is 0 Å². The molecule has 2 N–H and O–H groups in total. The second-order valence-corrected chi connectivity index (χ2v) is 8.44. The van der Waals surface area contributed by atoms with Crippen LogP contribution in [0.2, 0.25) is 0 Å². The SMILES string of the molecule is CNS(=O)(=O)c1cc(C(=O)OCC(=O)N[C@@H]2CCCC[C@H]2C)ccc1OC. The highest BCUT2D eigenvalue weighted by Crippen LogP contribution is 2.25. The molecule has 2 atom stereocenters. The van der Waals surface area contributed by atoms with E-state index < -0.39 is 22.6 Å². The molecule has 0 unspecified atom stereocenters. The molecular weight excluding hydrogens is 372 g/mol. The summed E-state index contributed by atoms with van der Waals surface area (Å²) < 4.78 is 36.4. The van der Waals surface area contributed by atoms with Gasteiger partial charge < -0.3 is 14.8 Å². The number of amides is 1. The number of benzene rings is 1. The average molecular weight is 398 g/mol. The summed E-state index contributed by atoms with van der Waals surface area (Å²) in [5.74, 6) is -0.644. The Balaban J connectivity index is 2.01. The Bertz CT molecular complexity index is 793. The van der Waals surface area contributed by atoms with E-state index in [2.05, 4.69) is 17.0 Å². The topological polar surface area (TPSA) is 111 Å². The van der Waals surface area contributed by atoms with Crippen LogP contribution in [0.1, 0.15) is 43.0 Å². The maximum atomic E-state index is 12.2. The monoisotopic (exact) mass is 398 g/mol. The molecule has 2 rings (SSSR count). The third kappa shape index (κ3) is 5.43. The third-order valence-corrected chi connectivity index (χ3v) is 6.19. The second-order valence-electron chi connectivity index (χ2n) is 6.59. The minimum atomic E-state index is -3.82. The quantitative estimate of drug-likeness (QED) is 0.673. The van der Waals surface area contributed by atoms with Crippen LogP contribution >= 0.6 is 0 Å². The number of carbonyl (C=O) groups excluding carboxylic acids is 2. The first-order valence-corrected chi connectivity index (χ1v) is 10.3. The van der Waals surface area contributed by atoms with Gasteiger partial charge in [0.2, 0.25) is 10.0 Å². The molecule has 1 aliphatic rings. The van der Waals surface area contributed by atoms with Crippen LogP contribution in [0, 0.1) is 5.92 Å². The van der Waals surface area contributed by atoms with Crippen LogP contribution in [0.3, 0.4) is 0 Å². The van der Waals surface area contributed by atoms with Crippen LogP contribution in [0.15, 0.2) is 23.1 Å². The lowest BCUT2D eigenvalue weighted by molar-refractivity contribution is -0.125. The van der Waals surface area contributed by atoms with Crippen LogP contribution in [0.5, 0.6) is 5.75 Å². The fraction of sp³-hybridized carbons (Fsp3) is 0.556. The lowest BCUT2D eigenvalue weighted by Crippen LogP contribution is -2.42. The molecule has 1 aliphatic carbocycles. The summed E-state index contributed by atoms with van der Waals surface area (Å²) in [5, 5.41) is 2.90. The summed E-state index contributed by atoms with van der Waals surface area (Å²) >= 11 is 0. The largest absolute Gasteiger partial charge is 0.495 e. The Morgan fingerprint density at radius 2 is 1.93 bits per heavy atom. The van der Waals surface area contributed by atoms with Crippen LogP contribution in [-0.2, 0) is 19.6 Å². The van der Waals surface area contributed by atoms with Crippen LogP contribution in [0.4, 0.5) is 0 Å². The number of ether oxygens (including phenoxy) is 2. The van der Waals surface area contributed by atoms with Crippen molar-refractivity contribution in [2.75, 3.05) is 20.8 Å². The van der Waals surface area contributed by atoms with E-state index in [0.717, 1.165) is 31.7 Å². The molecule has 1 aromatic carbocycles. The molecule has 0 spiro atoms. The molecule has 1 amide bonds. The normalized spacial score (nSPS) is 20.0. The summed E-state index contributed by atoms with van der Waals surface area (Å²) in [6, 6.07) is 4.01. The molecule has 1 aromatic rings.